The van der Waals surface area contributed by atoms with Crippen LogP contribution in [-0.4, -0.2) is 67.9 Å². The molecular weight excluding hydrogens is 526 g/mol. The first kappa shape index (κ1) is 25.7. The first-order valence-corrected chi connectivity index (χ1v) is 14.3. The molecule has 2 atom stereocenters. The highest BCUT2D eigenvalue weighted by atomic mass is 32.2. The van der Waals surface area contributed by atoms with E-state index < -0.39 is 27.6 Å². The van der Waals surface area contributed by atoms with Gasteiger partial charge in [-0.3, -0.25) is 4.79 Å². The summed E-state index contributed by atoms with van der Waals surface area (Å²) >= 11 is 0. The van der Waals surface area contributed by atoms with Crippen LogP contribution in [0, 0.1) is 11.2 Å². The number of halogens is 2. The Bertz CT molecular complexity index is 1570. The molecule has 3 aliphatic rings. The average Bonchev–Trinajstić information content (AvgIpc) is 3.57. The molecule has 0 spiro atoms. The number of methoxy groups -OCH3 is 1. The first-order chi connectivity index (χ1) is 18.7. The SMILES string of the molecule is COC(=O)C12Cc3cnn(-c4ccc(F)cc4)c3C=C1CCN(S(=O)(=O)c1cccc(N3CC[C@@H](F)C3)c1)C2. The van der Waals surface area contributed by atoms with Crippen molar-refractivity contribution in [3.8, 4) is 5.69 Å². The average molecular weight is 555 g/mol. The van der Waals surface area contributed by atoms with Crippen LogP contribution < -0.4 is 4.90 Å². The van der Waals surface area contributed by atoms with Gasteiger partial charge >= 0.3 is 5.97 Å². The van der Waals surface area contributed by atoms with E-state index in [0.717, 1.165) is 16.8 Å². The lowest BCUT2D eigenvalue weighted by molar-refractivity contribution is -0.151. The lowest BCUT2D eigenvalue weighted by Gasteiger charge is -2.43. The number of anilines is 1. The van der Waals surface area contributed by atoms with Crippen molar-refractivity contribution in [3.63, 3.8) is 0 Å². The highest BCUT2D eigenvalue weighted by molar-refractivity contribution is 7.89. The van der Waals surface area contributed by atoms with E-state index in [9.17, 15) is 22.0 Å². The summed E-state index contributed by atoms with van der Waals surface area (Å²) in [7, 11) is -2.65. The van der Waals surface area contributed by atoms with Gasteiger partial charge < -0.3 is 9.64 Å². The zero-order valence-corrected chi connectivity index (χ0v) is 22.2. The predicted molar refractivity (Wildman–Crippen MR) is 141 cm³/mol. The van der Waals surface area contributed by atoms with Crippen LogP contribution in [0.25, 0.3) is 11.8 Å². The van der Waals surface area contributed by atoms with Gasteiger partial charge in [0.15, 0.2) is 0 Å². The van der Waals surface area contributed by atoms with Crippen LogP contribution >= 0.6 is 0 Å². The maximum absolute atomic E-state index is 13.8. The highest BCUT2D eigenvalue weighted by Crippen LogP contribution is 2.46. The maximum Gasteiger partial charge on any atom is 0.317 e. The second-order valence-corrected chi connectivity index (χ2v) is 12.2. The van der Waals surface area contributed by atoms with Crippen LogP contribution in [0.5, 0.6) is 0 Å². The molecule has 1 aliphatic carbocycles. The van der Waals surface area contributed by atoms with E-state index >= 15 is 0 Å². The second kappa shape index (κ2) is 9.56. The smallest absolute Gasteiger partial charge is 0.317 e. The van der Waals surface area contributed by atoms with E-state index in [2.05, 4.69) is 5.10 Å². The van der Waals surface area contributed by atoms with Crippen LogP contribution in [0.4, 0.5) is 14.5 Å². The lowest BCUT2D eigenvalue weighted by Crippen LogP contribution is -2.53. The number of ether oxygens (including phenoxy) is 1. The van der Waals surface area contributed by atoms with Crippen LogP contribution in [0.2, 0.25) is 0 Å². The van der Waals surface area contributed by atoms with Crippen LogP contribution in [0.1, 0.15) is 24.1 Å². The van der Waals surface area contributed by atoms with E-state index in [4.69, 9.17) is 4.74 Å². The van der Waals surface area contributed by atoms with Gasteiger partial charge in [0.2, 0.25) is 10.0 Å². The van der Waals surface area contributed by atoms with Gasteiger partial charge in [-0.15, -0.1) is 0 Å². The molecule has 2 fully saturated rings. The minimum Gasteiger partial charge on any atom is -0.468 e. The highest BCUT2D eigenvalue weighted by Gasteiger charge is 2.51. The Morgan fingerprint density at radius 2 is 1.92 bits per heavy atom. The molecule has 204 valence electrons. The van der Waals surface area contributed by atoms with Crippen molar-refractivity contribution in [1.29, 1.82) is 0 Å². The number of fused-ring (bicyclic) bond motifs is 2. The van der Waals surface area contributed by atoms with Gasteiger partial charge in [0, 0.05) is 31.9 Å². The topological polar surface area (TPSA) is 84.7 Å². The predicted octanol–water partition coefficient (Wildman–Crippen LogP) is 3.75. The number of aromatic nitrogens is 2. The molecule has 3 aromatic rings. The molecular formula is C28H28F2N4O4S. The van der Waals surface area contributed by atoms with Crippen LogP contribution in [0.15, 0.2) is 65.2 Å². The Morgan fingerprint density at radius 1 is 1.13 bits per heavy atom. The van der Waals surface area contributed by atoms with E-state index in [0.29, 0.717) is 30.8 Å². The molecule has 2 saturated heterocycles. The van der Waals surface area contributed by atoms with E-state index in [1.807, 2.05) is 11.0 Å². The van der Waals surface area contributed by atoms with Gasteiger partial charge in [-0.05, 0) is 78.9 Å². The standard InChI is InChI=1S/C28H28F2N4O4S/c1-38-27(35)28-15-19-16-31-34(23-7-5-21(29)6-8-23)26(19)13-20(28)9-12-33(18-28)39(36,37)25-4-2-3-24(14-25)32-11-10-22(30)17-32/h2-8,13-14,16,22H,9-12,15,17-18H2,1H3/t22-,28?/m1/s1. The molecule has 2 aliphatic heterocycles. The minimum atomic E-state index is -3.96. The Morgan fingerprint density at radius 3 is 2.64 bits per heavy atom. The number of hydrogen-bond acceptors (Lipinski definition) is 6. The normalized spacial score (nSPS) is 23.2. The van der Waals surface area contributed by atoms with Gasteiger partial charge in [0.05, 0.1) is 29.6 Å². The molecule has 39 heavy (non-hydrogen) atoms. The second-order valence-electron chi connectivity index (χ2n) is 10.3. The van der Waals surface area contributed by atoms with Gasteiger partial charge in [-0.1, -0.05) is 6.07 Å². The fourth-order valence-electron chi connectivity index (χ4n) is 5.92. The summed E-state index contributed by atoms with van der Waals surface area (Å²) in [5.41, 5.74) is 2.46. The van der Waals surface area contributed by atoms with Crippen molar-refractivity contribution >= 4 is 27.8 Å². The molecule has 6 rings (SSSR count). The zero-order chi connectivity index (χ0) is 27.4. The van der Waals surface area contributed by atoms with Gasteiger partial charge in [0.25, 0.3) is 0 Å². The fourth-order valence-corrected chi connectivity index (χ4v) is 7.46. The number of nitrogens with zero attached hydrogens (tertiary/aromatic N) is 4. The lowest BCUT2D eigenvalue weighted by atomic mass is 9.69. The molecule has 2 aromatic carbocycles. The zero-order valence-electron chi connectivity index (χ0n) is 21.4. The van der Waals surface area contributed by atoms with Crippen molar-refractivity contribution in [2.75, 3.05) is 38.2 Å². The summed E-state index contributed by atoms with van der Waals surface area (Å²) in [6, 6.07) is 12.5. The van der Waals surface area contributed by atoms with Crippen molar-refractivity contribution in [2.24, 2.45) is 5.41 Å². The number of rotatable bonds is 5. The molecule has 0 saturated carbocycles. The monoisotopic (exact) mass is 554 g/mol. The molecule has 0 N–H and O–H groups in total. The summed E-state index contributed by atoms with van der Waals surface area (Å²) in [5.74, 6) is -0.859. The number of esters is 1. The molecule has 0 radical (unpaired) electrons. The van der Waals surface area contributed by atoms with Crippen molar-refractivity contribution in [1.82, 2.24) is 14.1 Å². The van der Waals surface area contributed by atoms with Gasteiger partial charge in [-0.25, -0.2) is 21.9 Å². The number of carbonyl (C=O) groups is 1. The third-order valence-electron chi connectivity index (χ3n) is 7.98. The third-order valence-corrected chi connectivity index (χ3v) is 9.82. The van der Waals surface area contributed by atoms with Crippen LogP contribution in [-0.2, 0) is 26.0 Å². The number of hydrogen-bond donors (Lipinski definition) is 0. The summed E-state index contributed by atoms with van der Waals surface area (Å²) in [6.07, 6.45) is 3.58. The van der Waals surface area contributed by atoms with Gasteiger partial charge in [-0.2, -0.15) is 9.40 Å². The Balaban J connectivity index is 1.33. The molecule has 1 unspecified atom stereocenters. The first-order valence-electron chi connectivity index (χ1n) is 12.8. The summed E-state index contributed by atoms with van der Waals surface area (Å²) in [6.45, 7) is 0.881. The van der Waals surface area contributed by atoms with Crippen molar-refractivity contribution in [3.05, 3.63) is 77.4 Å². The van der Waals surface area contributed by atoms with E-state index in [1.54, 1.807) is 41.2 Å². The largest absolute Gasteiger partial charge is 0.468 e. The number of carbonyl (C=O) groups excluding carboxylic acids is 1. The number of piperidine rings is 1. The van der Waals surface area contributed by atoms with Crippen molar-refractivity contribution in [2.45, 2.75) is 30.3 Å². The fraction of sp³-hybridized carbons (Fsp3) is 0.357. The van der Waals surface area contributed by atoms with E-state index in [1.165, 1.54) is 29.6 Å². The quantitative estimate of drug-likeness (QED) is 0.447. The molecule has 11 heteroatoms. The summed E-state index contributed by atoms with van der Waals surface area (Å²) in [5, 5.41) is 4.47. The Labute approximate surface area is 225 Å². The number of alkyl halides is 1. The summed E-state index contributed by atoms with van der Waals surface area (Å²) in [4.78, 5) is 15.3. The Kier molecular flexibility index (Phi) is 6.30. The minimum absolute atomic E-state index is 0.0739. The molecule has 3 heterocycles. The van der Waals surface area contributed by atoms with Crippen LogP contribution in [0.3, 0.4) is 0 Å². The number of benzene rings is 2. The Hall–Kier alpha value is -3.57. The van der Waals surface area contributed by atoms with E-state index in [-0.39, 0.29) is 36.8 Å². The molecule has 8 nitrogen and oxygen atoms in total. The third kappa shape index (κ3) is 4.33. The molecule has 0 bridgehead atoms. The van der Waals surface area contributed by atoms with Crippen molar-refractivity contribution < 1.29 is 26.7 Å². The molecule has 0 amide bonds. The maximum atomic E-state index is 13.8. The summed E-state index contributed by atoms with van der Waals surface area (Å²) < 4.78 is 63.2. The number of sulfonamides is 1. The molecule has 1 aromatic heterocycles. The van der Waals surface area contributed by atoms with Gasteiger partial charge in [0.1, 0.15) is 17.4 Å².